The Hall–Kier alpha value is -1.09. The molecule has 0 fully saturated rings. The van der Waals surface area contributed by atoms with E-state index >= 15 is 0 Å². The molecule has 0 saturated carbocycles. The lowest BCUT2D eigenvalue weighted by molar-refractivity contribution is 0.478. The Kier molecular flexibility index (Phi) is 1.65. The Labute approximate surface area is 53.2 Å². The van der Waals surface area contributed by atoms with Gasteiger partial charge in [-0.2, -0.15) is 0 Å². The summed E-state index contributed by atoms with van der Waals surface area (Å²) in [6, 6.07) is -0.278. The van der Waals surface area contributed by atoms with Gasteiger partial charge in [-0.05, 0) is 0 Å². The highest BCUT2D eigenvalue weighted by atomic mass is 16.3. The van der Waals surface area contributed by atoms with Crippen molar-refractivity contribution in [2.24, 2.45) is 5.73 Å². The van der Waals surface area contributed by atoms with Crippen LogP contribution in [0.5, 0.6) is 0 Å². The summed E-state index contributed by atoms with van der Waals surface area (Å²) >= 11 is 0. The molecule has 0 aliphatic heterocycles. The van der Waals surface area contributed by atoms with Crippen molar-refractivity contribution in [2.45, 2.75) is 6.04 Å². The van der Waals surface area contributed by atoms with Gasteiger partial charge in [-0.1, -0.05) is 6.08 Å². The minimum Gasteiger partial charge on any atom is -0.447 e. The van der Waals surface area contributed by atoms with Crippen LogP contribution in [0.25, 0.3) is 0 Å². The zero-order valence-corrected chi connectivity index (χ0v) is 4.95. The Balaban J connectivity index is 2.76. The smallest absolute Gasteiger partial charge is 0.214 e. The van der Waals surface area contributed by atoms with Gasteiger partial charge in [0.15, 0.2) is 0 Å². The number of nitrogens with zero attached hydrogens (tertiary/aromatic N) is 1. The molecule has 0 aromatic carbocycles. The molecule has 0 radical (unpaired) electrons. The van der Waals surface area contributed by atoms with Crippen LogP contribution in [0.4, 0.5) is 0 Å². The van der Waals surface area contributed by atoms with Crippen molar-refractivity contribution in [1.29, 1.82) is 0 Å². The maximum atomic E-state index is 5.46. The van der Waals surface area contributed by atoms with E-state index in [1.165, 1.54) is 6.26 Å². The maximum Gasteiger partial charge on any atom is 0.214 e. The zero-order valence-electron chi connectivity index (χ0n) is 4.95. The summed E-state index contributed by atoms with van der Waals surface area (Å²) in [6.07, 6.45) is 4.61. The molecular weight excluding hydrogens is 116 g/mol. The van der Waals surface area contributed by atoms with Crippen molar-refractivity contribution in [3.63, 3.8) is 0 Å². The monoisotopic (exact) mass is 124 g/mol. The molecule has 1 atom stereocenters. The third-order valence-electron chi connectivity index (χ3n) is 0.991. The van der Waals surface area contributed by atoms with E-state index in [4.69, 9.17) is 10.2 Å². The standard InChI is InChI=1S/C6H8N2O/c1-2-5(7)6-8-3-4-9-6/h2-5H,1,7H2. The van der Waals surface area contributed by atoms with E-state index in [0.29, 0.717) is 5.89 Å². The second-order valence-corrected chi connectivity index (χ2v) is 1.63. The highest BCUT2D eigenvalue weighted by molar-refractivity contribution is 4.97. The second-order valence-electron chi connectivity index (χ2n) is 1.63. The third-order valence-corrected chi connectivity index (χ3v) is 0.991. The van der Waals surface area contributed by atoms with Crippen LogP contribution in [0.1, 0.15) is 11.9 Å². The largest absolute Gasteiger partial charge is 0.447 e. The quantitative estimate of drug-likeness (QED) is 0.595. The van der Waals surface area contributed by atoms with Gasteiger partial charge in [0.1, 0.15) is 12.3 Å². The van der Waals surface area contributed by atoms with Gasteiger partial charge in [0, 0.05) is 0 Å². The van der Waals surface area contributed by atoms with E-state index in [0.717, 1.165) is 0 Å². The number of nitrogens with two attached hydrogens (primary N) is 1. The molecular formula is C6H8N2O. The minimum atomic E-state index is -0.278. The molecule has 0 bridgehead atoms. The van der Waals surface area contributed by atoms with Crippen LogP contribution >= 0.6 is 0 Å². The molecule has 48 valence electrons. The molecule has 0 aliphatic rings. The summed E-state index contributed by atoms with van der Waals surface area (Å²) in [4.78, 5) is 3.82. The molecule has 1 aromatic rings. The topological polar surface area (TPSA) is 52.0 Å². The lowest BCUT2D eigenvalue weighted by atomic mass is 10.3. The van der Waals surface area contributed by atoms with Gasteiger partial charge in [0.05, 0.1) is 6.20 Å². The fourth-order valence-electron chi connectivity index (χ4n) is 0.500. The number of hydrogen-bond acceptors (Lipinski definition) is 3. The van der Waals surface area contributed by atoms with E-state index in [9.17, 15) is 0 Å². The summed E-state index contributed by atoms with van der Waals surface area (Å²) in [5.74, 6) is 0.505. The van der Waals surface area contributed by atoms with Gasteiger partial charge in [-0.25, -0.2) is 4.98 Å². The molecule has 1 heterocycles. The van der Waals surface area contributed by atoms with Crippen molar-refractivity contribution in [1.82, 2.24) is 4.98 Å². The highest BCUT2D eigenvalue weighted by Crippen LogP contribution is 2.05. The molecule has 1 unspecified atom stereocenters. The van der Waals surface area contributed by atoms with Crippen LogP contribution in [0, 0.1) is 0 Å². The van der Waals surface area contributed by atoms with Crippen LogP contribution in [0.2, 0.25) is 0 Å². The third kappa shape index (κ3) is 1.17. The average Bonchev–Trinajstić information content (AvgIpc) is 2.37. The lowest BCUT2D eigenvalue weighted by Gasteiger charge is -1.96. The lowest BCUT2D eigenvalue weighted by Crippen LogP contribution is -2.06. The number of hydrogen-bond donors (Lipinski definition) is 1. The fraction of sp³-hybridized carbons (Fsp3) is 0.167. The second kappa shape index (κ2) is 2.46. The highest BCUT2D eigenvalue weighted by Gasteiger charge is 2.03. The van der Waals surface area contributed by atoms with E-state index in [1.54, 1.807) is 12.3 Å². The van der Waals surface area contributed by atoms with Crippen LogP contribution in [0.15, 0.2) is 29.5 Å². The summed E-state index contributed by atoms with van der Waals surface area (Å²) in [5.41, 5.74) is 5.46. The molecule has 0 spiro atoms. The molecule has 0 amide bonds. The first-order chi connectivity index (χ1) is 4.34. The first kappa shape index (κ1) is 6.04. The molecule has 1 aromatic heterocycles. The van der Waals surface area contributed by atoms with Crippen molar-refractivity contribution < 1.29 is 4.42 Å². The summed E-state index contributed by atoms with van der Waals surface area (Å²) < 4.78 is 4.88. The maximum absolute atomic E-state index is 5.46. The number of aromatic nitrogens is 1. The van der Waals surface area contributed by atoms with E-state index in [1.807, 2.05) is 0 Å². The molecule has 0 aliphatic carbocycles. The Bertz CT molecular complexity index is 181. The van der Waals surface area contributed by atoms with Gasteiger partial charge < -0.3 is 10.2 Å². The summed E-state index contributed by atoms with van der Waals surface area (Å²) in [7, 11) is 0. The van der Waals surface area contributed by atoms with Crippen LogP contribution in [0.3, 0.4) is 0 Å². The average molecular weight is 124 g/mol. The van der Waals surface area contributed by atoms with Crippen LogP contribution in [-0.2, 0) is 0 Å². The fourth-order valence-corrected chi connectivity index (χ4v) is 0.500. The van der Waals surface area contributed by atoms with Gasteiger partial charge in [-0.3, -0.25) is 0 Å². The Morgan fingerprint density at radius 1 is 1.89 bits per heavy atom. The first-order valence-electron chi connectivity index (χ1n) is 2.62. The van der Waals surface area contributed by atoms with E-state index in [-0.39, 0.29) is 6.04 Å². The summed E-state index contributed by atoms with van der Waals surface area (Å²) in [5, 5.41) is 0. The molecule has 0 saturated heterocycles. The molecule has 3 heteroatoms. The molecule has 2 N–H and O–H groups in total. The minimum absolute atomic E-state index is 0.278. The van der Waals surface area contributed by atoms with Crippen molar-refractivity contribution in [2.75, 3.05) is 0 Å². The molecule has 1 rings (SSSR count). The summed E-state index contributed by atoms with van der Waals surface area (Å²) in [6.45, 7) is 3.49. The Morgan fingerprint density at radius 3 is 3.11 bits per heavy atom. The van der Waals surface area contributed by atoms with E-state index < -0.39 is 0 Å². The molecule has 9 heavy (non-hydrogen) atoms. The number of rotatable bonds is 2. The SMILES string of the molecule is C=CC(N)c1ncco1. The Morgan fingerprint density at radius 2 is 2.67 bits per heavy atom. The van der Waals surface area contributed by atoms with Crippen LogP contribution < -0.4 is 5.73 Å². The van der Waals surface area contributed by atoms with Gasteiger partial charge in [0.25, 0.3) is 0 Å². The van der Waals surface area contributed by atoms with E-state index in [2.05, 4.69) is 11.6 Å². The predicted octanol–water partition coefficient (Wildman–Crippen LogP) is 0.860. The first-order valence-corrected chi connectivity index (χ1v) is 2.62. The predicted molar refractivity (Wildman–Crippen MR) is 33.6 cm³/mol. The van der Waals surface area contributed by atoms with Crippen molar-refractivity contribution >= 4 is 0 Å². The normalized spacial score (nSPS) is 13.0. The number of oxazole rings is 1. The van der Waals surface area contributed by atoms with Crippen molar-refractivity contribution in [3.05, 3.63) is 31.0 Å². The van der Waals surface area contributed by atoms with Crippen LogP contribution in [-0.4, -0.2) is 4.98 Å². The zero-order chi connectivity index (χ0) is 6.69. The van der Waals surface area contributed by atoms with Gasteiger partial charge >= 0.3 is 0 Å². The van der Waals surface area contributed by atoms with Gasteiger partial charge in [-0.15, -0.1) is 6.58 Å². The van der Waals surface area contributed by atoms with Gasteiger partial charge in [0.2, 0.25) is 5.89 Å². The van der Waals surface area contributed by atoms with Crippen molar-refractivity contribution in [3.8, 4) is 0 Å². The molecule has 3 nitrogen and oxygen atoms in total.